The number of piperidine rings is 1. The normalized spacial score (nSPS) is 20.9. The maximum Gasteiger partial charge on any atom is 0.0300 e. The Bertz CT molecular complexity index is 369. The van der Waals surface area contributed by atoms with E-state index in [-0.39, 0.29) is 0 Å². The van der Waals surface area contributed by atoms with Gasteiger partial charge in [0.25, 0.3) is 0 Å². The first-order chi connectivity index (χ1) is 9.42. The molecule has 3 heteroatoms. The Hall–Kier alpha value is -0.930. The Morgan fingerprint density at radius 3 is 2.74 bits per heavy atom. The molecule has 1 aromatic heterocycles. The van der Waals surface area contributed by atoms with E-state index in [1.807, 2.05) is 18.5 Å². The fraction of sp³-hybridized carbons (Fsp3) is 0.688. The van der Waals surface area contributed by atoms with Crippen LogP contribution in [0.25, 0.3) is 0 Å². The van der Waals surface area contributed by atoms with E-state index in [0.717, 1.165) is 18.4 Å². The Morgan fingerprint density at radius 2 is 2.05 bits per heavy atom. The molecular formula is C16H25N3. The predicted octanol–water partition coefficient (Wildman–Crippen LogP) is 2.09. The molecule has 1 aliphatic heterocycles. The van der Waals surface area contributed by atoms with Gasteiger partial charge in [-0.1, -0.05) is 6.07 Å². The highest BCUT2D eigenvalue weighted by molar-refractivity contribution is 5.09. The van der Waals surface area contributed by atoms with E-state index in [2.05, 4.69) is 21.3 Å². The molecule has 0 spiro atoms. The number of nitrogens with zero attached hydrogens (tertiary/aromatic N) is 2. The highest BCUT2D eigenvalue weighted by Gasteiger charge is 2.30. The molecule has 1 aliphatic carbocycles. The van der Waals surface area contributed by atoms with Crippen LogP contribution in [-0.2, 0) is 6.42 Å². The quantitative estimate of drug-likeness (QED) is 0.848. The topological polar surface area (TPSA) is 28.2 Å². The molecule has 2 fully saturated rings. The lowest BCUT2D eigenvalue weighted by atomic mass is 9.97. The van der Waals surface area contributed by atoms with Gasteiger partial charge in [0, 0.05) is 31.5 Å². The van der Waals surface area contributed by atoms with Crippen LogP contribution in [0.2, 0.25) is 0 Å². The fourth-order valence-corrected chi connectivity index (χ4v) is 3.08. The van der Waals surface area contributed by atoms with E-state index in [1.54, 1.807) is 0 Å². The second-order valence-corrected chi connectivity index (χ2v) is 6.03. The molecule has 1 saturated carbocycles. The summed E-state index contributed by atoms with van der Waals surface area (Å²) < 4.78 is 0. The maximum absolute atomic E-state index is 4.21. The van der Waals surface area contributed by atoms with E-state index in [9.17, 15) is 0 Å². The van der Waals surface area contributed by atoms with Gasteiger partial charge in [-0.3, -0.25) is 9.88 Å². The van der Waals surface area contributed by atoms with Crippen molar-refractivity contribution in [3.63, 3.8) is 0 Å². The summed E-state index contributed by atoms with van der Waals surface area (Å²) in [4.78, 5) is 6.95. The lowest BCUT2D eigenvalue weighted by molar-refractivity contribution is 0.199. The van der Waals surface area contributed by atoms with E-state index < -0.39 is 0 Å². The van der Waals surface area contributed by atoms with Crippen molar-refractivity contribution in [3.05, 3.63) is 30.1 Å². The van der Waals surface area contributed by atoms with Gasteiger partial charge in [-0.2, -0.15) is 0 Å². The molecule has 0 bridgehead atoms. The number of hydrogen-bond donors (Lipinski definition) is 1. The average Bonchev–Trinajstić information content (AvgIpc) is 3.30. The largest absolute Gasteiger partial charge is 0.317 e. The van der Waals surface area contributed by atoms with Crippen LogP contribution in [0.4, 0.5) is 0 Å². The summed E-state index contributed by atoms with van der Waals surface area (Å²) >= 11 is 0. The lowest BCUT2D eigenvalue weighted by Crippen LogP contribution is -2.38. The molecule has 0 aromatic carbocycles. The van der Waals surface area contributed by atoms with Crippen molar-refractivity contribution in [2.75, 3.05) is 26.2 Å². The summed E-state index contributed by atoms with van der Waals surface area (Å²) in [6.07, 6.45) is 10.6. The van der Waals surface area contributed by atoms with Crippen molar-refractivity contribution < 1.29 is 0 Å². The molecule has 0 atom stereocenters. The zero-order valence-corrected chi connectivity index (χ0v) is 11.7. The molecule has 0 unspecified atom stereocenters. The van der Waals surface area contributed by atoms with E-state index in [1.165, 1.54) is 57.4 Å². The molecule has 0 radical (unpaired) electrons. The monoisotopic (exact) mass is 259 g/mol. The Balaban J connectivity index is 1.49. The first-order valence-corrected chi connectivity index (χ1v) is 7.75. The van der Waals surface area contributed by atoms with Crippen molar-refractivity contribution in [2.24, 2.45) is 5.92 Å². The van der Waals surface area contributed by atoms with E-state index >= 15 is 0 Å². The van der Waals surface area contributed by atoms with Crippen LogP contribution in [0.15, 0.2) is 24.5 Å². The minimum Gasteiger partial charge on any atom is -0.317 e. The number of rotatable bonds is 6. The standard InChI is InChI=1S/C16H25N3/c1-2-14(12-18-8-1)7-11-19(16-3-4-16)13-15-5-9-17-10-6-15/h1-2,8,12,15-17H,3-7,9-11,13H2. The number of aromatic nitrogens is 1. The van der Waals surface area contributed by atoms with Gasteiger partial charge in [0.1, 0.15) is 0 Å². The van der Waals surface area contributed by atoms with E-state index in [4.69, 9.17) is 0 Å². The first kappa shape index (κ1) is 13.1. The second-order valence-electron chi connectivity index (χ2n) is 6.03. The van der Waals surface area contributed by atoms with Crippen LogP contribution in [0.5, 0.6) is 0 Å². The summed E-state index contributed by atoms with van der Waals surface area (Å²) in [6, 6.07) is 5.12. The van der Waals surface area contributed by atoms with Crippen LogP contribution in [0, 0.1) is 5.92 Å². The van der Waals surface area contributed by atoms with Gasteiger partial charge in [-0.25, -0.2) is 0 Å². The number of hydrogen-bond acceptors (Lipinski definition) is 3. The van der Waals surface area contributed by atoms with Crippen molar-refractivity contribution in [3.8, 4) is 0 Å². The SMILES string of the molecule is c1cncc(CCN(CC2CCNCC2)C2CC2)c1. The lowest BCUT2D eigenvalue weighted by Gasteiger charge is -2.30. The van der Waals surface area contributed by atoms with Crippen LogP contribution in [0.3, 0.4) is 0 Å². The molecule has 2 heterocycles. The third-order valence-corrected chi connectivity index (χ3v) is 4.43. The fourth-order valence-electron chi connectivity index (χ4n) is 3.08. The Morgan fingerprint density at radius 1 is 1.21 bits per heavy atom. The summed E-state index contributed by atoms with van der Waals surface area (Å²) in [6.45, 7) is 4.95. The summed E-state index contributed by atoms with van der Waals surface area (Å²) in [5.74, 6) is 0.913. The Kier molecular flexibility index (Phi) is 4.46. The van der Waals surface area contributed by atoms with Gasteiger partial charge < -0.3 is 5.32 Å². The van der Waals surface area contributed by atoms with Crippen molar-refractivity contribution in [1.82, 2.24) is 15.2 Å². The summed E-state index contributed by atoms with van der Waals surface area (Å²) in [5, 5.41) is 3.46. The maximum atomic E-state index is 4.21. The molecule has 2 aliphatic rings. The minimum atomic E-state index is 0.881. The zero-order valence-electron chi connectivity index (χ0n) is 11.7. The second kappa shape index (κ2) is 6.49. The number of pyridine rings is 1. The molecule has 19 heavy (non-hydrogen) atoms. The third-order valence-electron chi connectivity index (χ3n) is 4.43. The van der Waals surface area contributed by atoms with Crippen molar-refractivity contribution in [1.29, 1.82) is 0 Å². The molecule has 0 amide bonds. The highest BCUT2D eigenvalue weighted by atomic mass is 15.2. The average molecular weight is 259 g/mol. The van der Waals surface area contributed by atoms with Gasteiger partial charge >= 0.3 is 0 Å². The van der Waals surface area contributed by atoms with Gasteiger partial charge in [-0.15, -0.1) is 0 Å². The van der Waals surface area contributed by atoms with Crippen LogP contribution < -0.4 is 5.32 Å². The van der Waals surface area contributed by atoms with Crippen molar-refractivity contribution in [2.45, 2.75) is 38.1 Å². The molecule has 3 rings (SSSR count). The molecule has 1 aromatic rings. The molecule has 3 nitrogen and oxygen atoms in total. The van der Waals surface area contributed by atoms with Crippen molar-refractivity contribution >= 4 is 0 Å². The van der Waals surface area contributed by atoms with E-state index in [0.29, 0.717) is 0 Å². The molecule has 104 valence electrons. The minimum absolute atomic E-state index is 0.881. The van der Waals surface area contributed by atoms with Crippen LogP contribution >= 0.6 is 0 Å². The third kappa shape index (κ3) is 4.02. The van der Waals surface area contributed by atoms with Gasteiger partial charge in [0.2, 0.25) is 0 Å². The van der Waals surface area contributed by atoms with Gasteiger partial charge in [0.05, 0.1) is 0 Å². The van der Waals surface area contributed by atoms with Crippen LogP contribution in [0.1, 0.15) is 31.2 Å². The number of nitrogens with one attached hydrogen (secondary N) is 1. The smallest absolute Gasteiger partial charge is 0.0300 e. The van der Waals surface area contributed by atoms with Gasteiger partial charge in [0.15, 0.2) is 0 Å². The first-order valence-electron chi connectivity index (χ1n) is 7.75. The van der Waals surface area contributed by atoms with Gasteiger partial charge in [-0.05, 0) is 62.7 Å². The zero-order chi connectivity index (χ0) is 12.9. The highest BCUT2D eigenvalue weighted by Crippen LogP contribution is 2.29. The van der Waals surface area contributed by atoms with Crippen LogP contribution in [-0.4, -0.2) is 42.1 Å². The Labute approximate surface area is 116 Å². The molecule has 1 saturated heterocycles. The molecule has 1 N–H and O–H groups in total. The molecular weight excluding hydrogens is 234 g/mol. The predicted molar refractivity (Wildman–Crippen MR) is 78.1 cm³/mol. The summed E-state index contributed by atoms with van der Waals surface area (Å²) in [7, 11) is 0. The summed E-state index contributed by atoms with van der Waals surface area (Å²) in [5.41, 5.74) is 1.37.